The van der Waals surface area contributed by atoms with Crippen LogP contribution >= 0.6 is 0 Å². The Labute approximate surface area is 135 Å². The van der Waals surface area contributed by atoms with Crippen molar-refractivity contribution in [2.24, 2.45) is 7.05 Å². The Balaban J connectivity index is 1.96. The Morgan fingerprint density at radius 3 is 2.61 bits per heavy atom. The molecule has 7 heteroatoms. The Kier molecular flexibility index (Phi) is 6.13. The summed E-state index contributed by atoms with van der Waals surface area (Å²) in [5.41, 5.74) is 1.52. The van der Waals surface area contributed by atoms with E-state index in [9.17, 15) is 4.79 Å². The first-order valence-corrected chi connectivity index (χ1v) is 7.32. The van der Waals surface area contributed by atoms with E-state index in [0.29, 0.717) is 18.9 Å². The van der Waals surface area contributed by atoms with Gasteiger partial charge in [0.05, 0.1) is 12.8 Å². The number of likely N-dealkylation sites (N-methyl/N-ethyl adjacent to an activating group) is 1. The maximum absolute atomic E-state index is 12.4. The first kappa shape index (κ1) is 17.0. The van der Waals surface area contributed by atoms with Crippen LogP contribution in [0.15, 0.2) is 36.7 Å². The van der Waals surface area contributed by atoms with E-state index >= 15 is 0 Å². The number of carbonyl (C=O) groups is 1. The number of aryl methyl sites for hydroxylation is 1. The molecule has 2 N–H and O–H groups in total. The van der Waals surface area contributed by atoms with Gasteiger partial charge in [0.1, 0.15) is 18.4 Å². The van der Waals surface area contributed by atoms with Gasteiger partial charge in [0, 0.05) is 31.6 Å². The number of aromatic nitrogens is 2. The van der Waals surface area contributed by atoms with E-state index in [1.807, 2.05) is 25.4 Å². The van der Waals surface area contributed by atoms with E-state index in [-0.39, 0.29) is 5.91 Å². The lowest BCUT2D eigenvalue weighted by Crippen LogP contribution is -2.30. The van der Waals surface area contributed by atoms with Gasteiger partial charge in [-0.3, -0.25) is 9.48 Å². The third kappa shape index (κ3) is 4.80. The predicted molar refractivity (Wildman–Crippen MR) is 87.5 cm³/mol. The Hall–Kier alpha value is -2.38. The molecule has 1 atom stereocenters. The standard InChI is InChI=1S/C16H22N4O3/c1-17-15(12-10-18-20(2)11-12)16(21)19-13-4-6-14(7-5-13)23-9-8-22-3/h4-7,10-11,15,17H,8-9H2,1-3H3,(H,19,21). The minimum Gasteiger partial charge on any atom is -0.491 e. The third-order valence-corrected chi connectivity index (χ3v) is 3.29. The van der Waals surface area contributed by atoms with Gasteiger partial charge < -0.3 is 20.1 Å². The van der Waals surface area contributed by atoms with Crippen molar-refractivity contribution in [2.45, 2.75) is 6.04 Å². The highest BCUT2D eigenvalue weighted by atomic mass is 16.5. The Morgan fingerprint density at radius 2 is 2.04 bits per heavy atom. The van der Waals surface area contributed by atoms with Crippen LogP contribution in [0.25, 0.3) is 0 Å². The number of hydrogen-bond acceptors (Lipinski definition) is 5. The molecule has 0 aliphatic rings. The van der Waals surface area contributed by atoms with Gasteiger partial charge in [-0.05, 0) is 31.3 Å². The first-order valence-electron chi connectivity index (χ1n) is 7.32. The van der Waals surface area contributed by atoms with Gasteiger partial charge in [-0.25, -0.2) is 0 Å². The van der Waals surface area contributed by atoms with Crippen LogP contribution in [-0.4, -0.2) is 43.1 Å². The maximum atomic E-state index is 12.4. The van der Waals surface area contributed by atoms with Crippen LogP contribution in [0.1, 0.15) is 11.6 Å². The first-order chi connectivity index (χ1) is 11.1. The predicted octanol–water partition coefficient (Wildman–Crippen LogP) is 1.34. The van der Waals surface area contributed by atoms with Crippen molar-refractivity contribution >= 4 is 11.6 Å². The normalized spacial score (nSPS) is 12.0. The summed E-state index contributed by atoms with van der Waals surface area (Å²) in [4.78, 5) is 12.4. The SMILES string of the molecule is CNC(C(=O)Nc1ccc(OCCOC)cc1)c1cnn(C)c1. The summed E-state index contributed by atoms with van der Waals surface area (Å²) in [5.74, 6) is 0.589. The molecule has 23 heavy (non-hydrogen) atoms. The fraction of sp³-hybridized carbons (Fsp3) is 0.375. The summed E-state index contributed by atoms with van der Waals surface area (Å²) >= 11 is 0. The molecule has 2 rings (SSSR count). The van der Waals surface area contributed by atoms with E-state index in [0.717, 1.165) is 11.3 Å². The van der Waals surface area contributed by atoms with Crippen LogP contribution in [0.4, 0.5) is 5.69 Å². The van der Waals surface area contributed by atoms with Crippen molar-refractivity contribution < 1.29 is 14.3 Å². The second-order valence-electron chi connectivity index (χ2n) is 5.02. The fourth-order valence-electron chi connectivity index (χ4n) is 2.13. The van der Waals surface area contributed by atoms with Crippen LogP contribution in [0.3, 0.4) is 0 Å². The van der Waals surface area contributed by atoms with Crippen LogP contribution in [-0.2, 0) is 16.6 Å². The molecule has 124 valence electrons. The van der Waals surface area contributed by atoms with Crippen LogP contribution < -0.4 is 15.4 Å². The van der Waals surface area contributed by atoms with Crippen molar-refractivity contribution in [2.75, 3.05) is 32.7 Å². The zero-order valence-electron chi connectivity index (χ0n) is 13.6. The minimum absolute atomic E-state index is 0.145. The summed E-state index contributed by atoms with van der Waals surface area (Å²) in [6, 6.07) is 6.76. The number of hydrogen-bond donors (Lipinski definition) is 2. The largest absolute Gasteiger partial charge is 0.491 e. The fourth-order valence-corrected chi connectivity index (χ4v) is 2.13. The summed E-state index contributed by atoms with van der Waals surface area (Å²) < 4.78 is 12.1. The molecule has 1 aromatic heterocycles. The number of ether oxygens (including phenoxy) is 2. The number of nitrogens with one attached hydrogen (secondary N) is 2. The maximum Gasteiger partial charge on any atom is 0.246 e. The summed E-state index contributed by atoms with van der Waals surface area (Å²) in [6.07, 6.45) is 3.49. The quantitative estimate of drug-likeness (QED) is 0.718. The molecule has 0 spiro atoms. The number of benzene rings is 1. The molecule has 7 nitrogen and oxygen atoms in total. The number of amides is 1. The molecule has 1 heterocycles. The highest BCUT2D eigenvalue weighted by molar-refractivity contribution is 5.95. The molecule has 0 radical (unpaired) electrons. The Bertz CT molecular complexity index is 625. The summed E-state index contributed by atoms with van der Waals surface area (Å²) in [6.45, 7) is 1.03. The molecule has 0 aliphatic heterocycles. The smallest absolute Gasteiger partial charge is 0.246 e. The van der Waals surface area contributed by atoms with E-state index in [2.05, 4.69) is 15.7 Å². The van der Waals surface area contributed by atoms with E-state index in [1.165, 1.54) is 0 Å². The molecule has 1 unspecified atom stereocenters. The van der Waals surface area contributed by atoms with Gasteiger partial charge in [-0.1, -0.05) is 0 Å². The topological polar surface area (TPSA) is 77.4 Å². The Morgan fingerprint density at radius 1 is 1.30 bits per heavy atom. The lowest BCUT2D eigenvalue weighted by atomic mass is 10.1. The van der Waals surface area contributed by atoms with E-state index in [1.54, 1.807) is 37.2 Å². The van der Waals surface area contributed by atoms with Crippen molar-refractivity contribution in [3.63, 3.8) is 0 Å². The highest BCUT2D eigenvalue weighted by Crippen LogP contribution is 2.18. The van der Waals surface area contributed by atoms with Gasteiger partial charge in [0.25, 0.3) is 0 Å². The van der Waals surface area contributed by atoms with Crippen molar-refractivity contribution in [1.29, 1.82) is 0 Å². The third-order valence-electron chi connectivity index (χ3n) is 3.29. The number of rotatable bonds is 8. The second-order valence-corrected chi connectivity index (χ2v) is 5.02. The van der Waals surface area contributed by atoms with Gasteiger partial charge in [-0.2, -0.15) is 5.10 Å². The molecule has 0 saturated heterocycles. The van der Waals surface area contributed by atoms with Crippen LogP contribution in [0.5, 0.6) is 5.75 Å². The average Bonchev–Trinajstić information content (AvgIpc) is 2.96. The van der Waals surface area contributed by atoms with Crippen molar-refractivity contribution in [3.8, 4) is 5.75 Å². The molecular formula is C16H22N4O3. The minimum atomic E-state index is -0.457. The number of carbonyl (C=O) groups excluding carboxylic acids is 1. The zero-order valence-corrected chi connectivity index (χ0v) is 13.6. The molecule has 2 aromatic rings. The van der Waals surface area contributed by atoms with Crippen LogP contribution in [0, 0.1) is 0 Å². The van der Waals surface area contributed by atoms with Gasteiger partial charge in [-0.15, -0.1) is 0 Å². The number of anilines is 1. The lowest BCUT2D eigenvalue weighted by molar-refractivity contribution is -0.118. The molecule has 0 aliphatic carbocycles. The summed E-state index contributed by atoms with van der Waals surface area (Å²) in [5, 5.41) is 9.96. The molecule has 0 bridgehead atoms. The molecule has 1 aromatic carbocycles. The van der Waals surface area contributed by atoms with Crippen molar-refractivity contribution in [1.82, 2.24) is 15.1 Å². The molecule has 0 fully saturated rings. The van der Waals surface area contributed by atoms with Crippen LogP contribution in [0.2, 0.25) is 0 Å². The lowest BCUT2D eigenvalue weighted by Gasteiger charge is -2.15. The molecular weight excluding hydrogens is 296 g/mol. The van der Waals surface area contributed by atoms with Gasteiger partial charge in [0.15, 0.2) is 0 Å². The highest BCUT2D eigenvalue weighted by Gasteiger charge is 2.20. The van der Waals surface area contributed by atoms with Gasteiger partial charge >= 0.3 is 0 Å². The summed E-state index contributed by atoms with van der Waals surface area (Å²) in [7, 11) is 5.18. The van der Waals surface area contributed by atoms with E-state index in [4.69, 9.17) is 9.47 Å². The van der Waals surface area contributed by atoms with Gasteiger partial charge in [0.2, 0.25) is 5.91 Å². The zero-order chi connectivity index (χ0) is 16.7. The van der Waals surface area contributed by atoms with Crippen molar-refractivity contribution in [3.05, 3.63) is 42.2 Å². The number of nitrogens with zero attached hydrogens (tertiary/aromatic N) is 2. The molecule has 0 saturated carbocycles. The second kappa shape index (κ2) is 8.30. The monoisotopic (exact) mass is 318 g/mol. The number of methoxy groups -OCH3 is 1. The van der Waals surface area contributed by atoms with E-state index < -0.39 is 6.04 Å². The molecule has 1 amide bonds. The average molecular weight is 318 g/mol.